The first-order valence-electron chi connectivity index (χ1n) is 5.43. The largest absolute Gasteiger partial charge is 0.486 e. The highest BCUT2D eigenvalue weighted by molar-refractivity contribution is 5.78. The Kier molecular flexibility index (Phi) is 3.36. The van der Waals surface area contributed by atoms with Crippen molar-refractivity contribution in [2.45, 2.75) is 6.04 Å². The Labute approximate surface area is 104 Å². The number of carbonyl (C=O) groups excluding carboxylic acids is 1. The first kappa shape index (κ1) is 12.2. The van der Waals surface area contributed by atoms with Gasteiger partial charge in [-0.25, -0.2) is 4.79 Å². The van der Waals surface area contributed by atoms with Crippen LogP contribution in [0.4, 0.5) is 0 Å². The van der Waals surface area contributed by atoms with Gasteiger partial charge in [0.05, 0.1) is 0 Å². The van der Waals surface area contributed by atoms with Gasteiger partial charge in [0.15, 0.2) is 17.5 Å². The zero-order valence-electron chi connectivity index (χ0n) is 9.83. The number of benzene rings is 1. The van der Waals surface area contributed by atoms with E-state index in [4.69, 9.17) is 14.6 Å². The smallest absolute Gasteiger partial charge is 0.331 e. The van der Waals surface area contributed by atoms with E-state index in [1.165, 1.54) is 7.05 Å². The minimum Gasteiger partial charge on any atom is -0.486 e. The van der Waals surface area contributed by atoms with E-state index in [9.17, 15) is 9.59 Å². The van der Waals surface area contributed by atoms with Gasteiger partial charge in [-0.15, -0.1) is 0 Å². The van der Waals surface area contributed by atoms with Crippen LogP contribution in [0, 0.1) is 0 Å². The molecule has 1 aromatic rings. The lowest BCUT2D eigenvalue weighted by Crippen LogP contribution is -2.29. The molecule has 0 spiro atoms. The molecule has 0 radical (unpaired) electrons. The molecule has 1 heterocycles. The summed E-state index contributed by atoms with van der Waals surface area (Å²) in [6.07, 6.45) is 0.482. The number of hydrogen-bond donors (Lipinski definition) is 1. The summed E-state index contributed by atoms with van der Waals surface area (Å²) >= 11 is 0. The summed E-state index contributed by atoms with van der Waals surface area (Å²) in [6.45, 7) is 0.903. The van der Waals surface area contributed by atoms with Crippen molar-refractivity contribution in [1.82, 2.24) is 4.90 Å². The number of fused-ring (bicyclic) bond motifs is 1. The van der Waals surface area contributed by atoms with Gasteiger partial charge in [0, 0.05) is 7.05 Å². The molecular formula is C12H13NO5. The second kappa shape index (κ2) is 4.95. The summed E-state index contributed by atoms with van der Waals surface area (Å²) in [6, 6.07) is 3.83. The summed E-state index contributed by atoms with van der Waals surface area (Å²) < 4.78 is 10.7. The molecule has 0 saturated heterocycles. The molecule has 1 aliphatic heterocycles. The molecule has 6 nitrogen and oxygen atoms in total. The van der Waals surface area contributed by atoms with Gasteiger partial charge in [-0.2, -0.15) is 0 Å². The topological polar surface area (TPSA) is 76.1 Å². The molecule has 1 amide bonds. The van der Waals surface area contributed by atoms with Crippen molar-refractivity contribution in [3.05, 3.63) is 23.8 Å². The second-order valence-corrected chi connectivity index (χ2v) is 3.91. The summed E-state index contributed by atoms with van der Waals surface area (Å²) in [5.74, 6) is -0.00604. The minimum absolute atomic E-state index is 0.428. The fourth-order valence-electron chi connectivity index (χ4n) is 1.84. The highest BCUT2D eigenvalue weighted by Gasteiger charge is 2.25. The number of hydrogen-bond acceptors (Lipinski definition) is 4. The lowest BCUT2D eigenvalue weighted by Gasteiger charge is -2.23. The molecule has 1 unspecified atom stereocenters. The molecule has 6 heteroatoms. The molecule has 1 N–H and O–H groups in total. The van der Waals surface area contributed by atoms with Crippen LogP contribution in [0.15, 0.2) is 18.2 Å². The molecule has 0 bridgehead atoms. The van der Waals surface area contributed by atoms with Crippen LogP contribution in [-0.2, 0) is 9.59 Å². The van der Waals surface area contributed by atoms with Crippen LogP contribution in [0.3, 0.4) is 0 Å². The molecule has 0 aromatic heterocycles. The predicted molar refractivity (Wildman–Crippen MR) is 61.6 cm³/mol. The van der Waals surface area contributed by atoms with Crippen molar-refractivity contribution >= 4 is 12.4 Å². The first-order chi connectivity index (χ1) is 8.63. The number of amides is 1. The third kappa shape index (κ3) is 2.22. The Hall–Kier alpha value is -2.24. The predicted octanol–water partition coefficient (Wildman–Crippen LogP) is 0.672. The average Bonchev–Trinajstić information content (AvgIpc) is 2.38. The number of carboxylic acid groups (broad SMARTS) is 1. The van der Waals surface area contributed by atoms with Gasteiger partial charge in [-0.05, 0) is 17.7 Å². The van der Waals surface area contributed by atoms with Gasteiger partial charge >= 0.3 is 5.97 Å². The molecule has 1 aromatic carbocycles. The van der Waals surface area contributed by atoms with Gasteiger partial charge in [0.1, 0.15) is 13.2 Å². The zero-order chi connectivity index (χ0) is 13.1. The van der Waals surface area contributed by atoms with E-state index in [0.29, 0.717) is 36.7 Å². The summed E-state index contributed by atoms with van der Waals surface area (Å²) in [4.78, 5) is 23.0. The van der Waals surface area contributed by atoms with Crippen LogP contribution in [-0.4, -0.2) is 42.6 Å². The quantitative estimate of drug-likeness (QED) is 0.796. The second-order valence-electron chi connectivity index (χ2n) is 3.91. The number of ether oxygens (including phenoxy) is 2. The highest BCUT2D eigenvalue weighted by Crippen LogP contribution is 2.33. The van der Waals surface area contributed by atoms with Crippen molar-refractivity contribution < 1.29 is 24.2 Å². The molecule has 0 saturated carbocycles. The van der Waals surface area contributed by atoms with Gasteiger partial charge < -0.3 is 19.5 Å². The lowest BCUT2D eigenvalue weighted by atomic mass is 10.1. The highest BCUT2D eigenvalue weighted by atomic mass is 16.6. The zero-order valence-corrected chi connectivity index (χ0v) is 9.83. The number of likely N-dealkylation sites (N-methyl/N-ethyl adjacent to an activating group) is 1. The summed E-state index contributed by atoms with van der Waals surface area (Å²) in [7, 11) is 1.42. The fourth-order valence-corrected chi connectivity index (χ4v) is 1.84. The van der Waals surface area contributed by atoms with Crippen LogP contribution in [0.25, 0.3) is 0 Å². The van der Waals surface area contributed by atoms with Crippen LogP contribution in [0.5, 0.6) is 11.5 Å². The van der Waals surface area contributed by atoms with Crippen LogP contribution >= 0.6 is 0 Å². The van der Waals surface area contributed by atoms with E-state index in [1.54, 1.807) is 18.2 Å². The molecule has 2 rings (SSSR count). The van der Waals surface area contributed by atoms with E-state index < -0.39 is 12.0 Å². The first-order valence-corrected chi connectivity index (χ1v) is 5.43. The minimum atomic E-state index is -1.10. The van der Waals surface area contributed by atoms with Gasteiger partial charge in [0.2, 0.25) is 6.41 Å². The van der Waals surface area contributed by atoms with Gasteiger partial charge in [-0.3, -0.25) is 4.79 Å². The molecule has 96 valence electrons. The maximum atomic E-state index is 11.2. The Morgan fingerprint density at radius 1 is 1.39 bits per heavy atom. The Morgan fingerprint density at radius 3 is 2.67 bits per heavy atom. The lowest BCUT2D eigenvalue weighted by molar-refractivity contribution is -0.145. The van der Waals surface area contributed by atoms with Crippen LogP contribution in [0.2, 0.25) is 0 Å². The number of carboxylic acids is 1. The van der Waals surface area contributed by atoms with Crippen molar-refractivity contribution in [2.75, 3.05) is 20.3 Å². The van der Waals surface area contributed by atoms with Gasteiger partial charge in [-0.1, -0.05) is 6.07 Å². The van der Waals surface area contributed by atoms with Crippen molar-refractivity contribution in [1.29, 1.82) is 0 Å². The van der Waals surface area contributed by atoms with E-state index >= 15 is 0 Å². The van der Waals surface area contributed by atoms with Crippen molar-refractivity contribution in [2.24, 2.45) is 0 Å². The number of rotatable bonds is 4. The van der Waals surface area contributed by atoms with Crippen LogP contribution in [0.1, 0.15) is 11.6 Å². The van der Waals surface area contributed by atoms with Crippen molar-refractivity contribution in [3.8, 4) is 11.5 Å². The normalized spacial score (nSPS) is 14.7. The van der Waals surface area contributed by atoms with E-state index in [-0.39, 0.29) is 0 Å². The fraction of sp³-hybridized carbons (Fsp3) is 0.333. The molecule has 18 heavy (non-hydrogen) atoms. The van der Waals surface area contributed by atoms with E-state index in [0.717, 1.165) is 4.90 Å². The number of carbonyl (C=O) groups is 2. The SMILES string of the molecule is CN(C=O)C(C(=O)O)c1ccc2c(c1)OCCO2. The monoisotopic (exact) mass is 251 g/mol. The number of aliphatic carboxylic acids is 1. The third-order valence-corrected chi connectivity index (χ3v) is 2.69. The van der Waals surface area contributed by atoms with Gasteiger partial charge in [0.25, 0.3) is 0 Å². The van der Waals surface area contributed by atoms with E-state index in [1.807, 2.05) is 0 Å². The molecule has 1 aliphatic rings. The average molecular weight is 251 g/mol. The summed E-state index contributed by atoms with van der Waals surface area (Å²) in [5, 5.41) is 9.16. The third-order valence-electron chi connectivity index (χ3n) is 2.69. The summed E-state index contributed by atoms with van der Waals surface area (Å²) in [5.41, 5.74) is 0.473. The Morgan fingerprint density at radius 2 is 2.06 bits per heavy atom. The Balaban J connectivity index is 2.36. The molecule has 1 atom stereocenters. The molecule has 0 aliphatic carbocycles. The number of nitrogens with zero attached hydrogens (tertiary/aromatic N) is 1. The van der Waals surface area contributed by atoms with E-state index in [2.05, 4.69) is 0 Å². The Bertz CT molecular complexity index is 474. The van der Waals surface area contributed by atoms with Crippen LogP contribution < -0.4 is 9.47 Å². The standard InChI is InChI=1S/C12H13NO5/c1-13(7-14)11(12(15)16)8-2-3-9-10(6-8)18-5-4-17-9/h2-3,6-7,11H,4-5H2,1H3,(H,15,16). The molecular weight excluding hydrogens is 238 g/mol. The maximum absolute atomic E-state index is 11.2. The maximum Gasteiger partial charge on any atom is 0.331 e. The van der Waals surface area contributed by atoms with Crippen molar-refractivity contribution in [3.63, 3.8) is 0 Å². The molecule has 0 fully saturated rings.